The second-order valence-electron chi connectivity index (χ2n) is 7.92. The van der Waals surface area contributed by atoms with Gasteiger partial charge in [0.05, 0.1) is 13.2 Å². The number of ether oxygens (including phenoxy) is 2. The summed E-state index contributed by atoms with van der Waals surface area (Å²) >= 11 is 0. The van der Waals surface area contributed by atoms with Crippen molar-refractivity contribution in [1.82, 2.24) is 20.4 Å². The van der Waals surface area contributed by atoms with Crippen LogP contribution in [-0.2, 0) is 0 Å². The van der Waals surface area contributed by atoms with Crippen molar-refractivity contribution in [2.24, 2.45) is 0 Å². The van der Waals surface area contributed by atoms with E-state index in [9.17, 15) is 0 Å². The molecular weight excluding hydrogens is 432 g/mol. The Morgan fingerprint density at radius 1 is 0.559 bits per heavy atom. The van der Waals surface area contributed by atoms with Gasteiger partial charge in [0, 0.05) is 11.1 Å². The standard InChI is InChI=1S/C26H30N4O4/c1-3-5-6-7-8-9-18-32-22-16-12-20(13-17-22)24-28-30-26(34-24)25-29-27-23(33-25)19-10-14-21(15-11-19)31-4-2/h10-17H,3-9,18H2,1-2H3. The highest BCUT2D eigenvalue weighted by molar-refractivity contribution is 5.57. The van der Waals surface area contributed by atoms with E-state index in [4.69, 9.17) is 18.3 Å². The van der Waals surface area contributed by atoms with Crippen LogP contribution in [-0.4, -0.2) is 33.6 Å². The van der Waals surface area contributed by atoms with E-state index >= 15 is 0 Å². The third-order valence-corrected chi connectivity index (χ3v) is 5.31. The third kappa shape index (κ3) is 6.21. The second-order valence-corrected chi connectivity index (χ2v) is 7.92. The first kappa shape index (κ1) is 23.5. The minimum absolute atomic E-state index is 0.168. The van der Waals surface area contributed by atoms with Crippen LogP contribution >= 0.6 is 0 Å². The predicted octanol–water partition coefficient (Wildman–Crippen LogP) is 6.59. The van der Waals surface area contributed by atoms with Crippen LogP contribution in [0, 0.1) is 0 Å². The molecule has 0 fully saturated rings. The zero-order valence-electron chi connectivity index (χ0n) is 19.7. The van der Waals surface area contributed by atoms with Gasteiger partial charge in [0.2, 0.25) is 11.8 Å². The molecule has 0 N–H and O–H groups in total. The molecule has 0 bridgehead atoms. The summed E-state index contributed by atoms with van der Waals surface area (Å²) in [5.74, 6) is 2.69. The Morgan fingerprint density at radius 3 is 1.56 bits per heavy atom. The van der Waals surface area contributed by atoms with Crippen molar-refractivity contribution in [2.75, 3.05) is 13.2 Å². The van der Waals surface area contributed by atoms with Gasteiger partial charge in [-0.25, -0.2) is 0 Å². The van der Waals surface area contributed by atoms with Gasteiger partial charge in [-0.3, -0.25) is 0 Å². The Kier molecular flexibility index (Phi) is 8.27. The first-order chi connectivity index (χ1) is 16.8. The fourth-order valence-corrected chi connectivity index (χ4v) is 3.48. The Labute approximate surface area is 199 Å². The Bertz CT molecular complexity index is 1140. The molecule has 2 heterocycles. The molecule has 0 aliphatic rings. The normalized spacial score (nSPS) is 11.0. The Hall–Kier alpha value is -3.68. The molecule has 0 radical (unpaired) electrons. The Balaban J connectivity index is 1.33. The molecule has 34 heavy (non-hydrogen) atoms. The van der Waals surface area contributed by atoms with E-state index in [-0.39, 0.29) is 11.8 Å². The van der Waals surface area contributed by atoms with Crippen molar-refractivity contribution >= 4 is 0 Å². The lowest BCUT2D eigenvalue weighted by Crippen LogP contribution is -1.97. The number of rotatable bonds is 13. The van der Waals surface area contributed by atoms with Crippen molar-refractivity contribution in [1.29, 1.82) is 0 Å². The molecule has 4 aromatic rings. The van der Waals surface area contributed by atoms with E-state index in [1.165, 1.54) is 32.1 Å². The lowest BCUT2D eigenvalue weighted by molar-refractivity contribution is 0.304. The molecule has 0 saturated carbocycles. The van der Waals surface area contributed by atoms with E-state index in [0.717, 1.165) is 35.7 Å². The van der Waals surface area contributed by atoms with Crippen LogP contribution in [0.4, 0.5) is 0 Å². The smallest absolute Gasteiger partial charge is 0.306 e. The summed E-state index contributed by atoms with van der Waals surface area (Å²) in [5, 5.41) is 16.3. The number of hydrogen-bond acceptors (Lipinski definition) is 8. The molecule has 0 aliphatic heterocycles. The Morgan fingerprint density at radius 2 is 1.03 bits per heavy atom. The molecule has 0 unspecified atom stereocenters. The predicted molar refractivity (Wildman–Crippen MR) is 129 cm³/mol. The summed E-state index contributed by atoms with van der Waals surface area (Å²) in [7, 11) is 0. The van der Waals surface area contributed by atoms with Crippen molar-refractivity contribution in [2.45, 2.75) is 52.4 Å². The first-order valence-electron chi connectivity index (χ1n) is 11.9. The van der Waals surface area contributed by atoms with Crippen molar-refractivity contribution in [3.05, 3.63) is 48.5 Å². The molecule has 0 atom stereocenters. The average molecular weight is 463 g/mol. The largest absolute Gasteiger partial charge is 0.494 e. The summed E-state index contributed by atoms with van der Waals surface area (Å²) in [4.78, 5) is 0. The van der Waals surface area contributed by atoms with Crippen LogP contribution in [0.2, 0.25) is 0 Å². The van der Waals surface area contributed by atoms with Gasteiger partial charge >= 0.3 is 11.8 Å². The number of nitrogens with zero attached hydrogens (tertiary/aromatic N) is 4. The molecule has 2 aromatic heterocycles. The lowest BCUT2D eigenvalue weighted by Gasteiger charge is -2.06. The molecule has 8 heteroatoms. The van der Waals surface area contributed by atoms with Crippen molar-refractivity contribution in [3.63, 3.8) is 0 Å². The quantitative estimate of drug-likeness (QED) is 0.205. The van der Waals surface area contributed by atoms with E-state index < -0.39 is 0 Å². The fourth-order valence-electron chi connectivity index (χ4n) is 3.48. The van der Waals surface area contributed by atoms with Gasteiger partial charge in [-0.05, 0) is 61.9 Å². The highest BCUT2D eigenvalue weighted by Gasteiger charge is 2.18. The minimum Gasteiger partial charge on any atom is -0.494 e. The number of benzene rings is 2. The summed E-state index contributed by atoms with van der Waals surface area (Å²) in [5.41, 5.74) is 1.57. The van der Waals surface area contributed by atoms with Crippen LogP contribution in [0.3, 0.4) is 0 Å². The maximum Gasteiger partial charge on any atom is 0.306 e. The molecule has 178 valence electrons. The van der Waals surface area contributed by atoms with Crippen LogP contribution < -0.4 is 9.47 Å². The van der Waals surface area contributed by atoms with E-state index in [1.807, 2.05) is 55.5 Å². The monoisotopic (exact) mass is 462 g/mol. The van der Waals surface area contributed by atoms with Crippen LogP contribution in [0.15, 0.2) is 57.4 Å². The molecule has 4 rings (SSSR count). The van der Waals surface area contributed by atoms with Crippen LogP contribution in [0.25, 0.3) is 34.7 Å². The summed E-state index contributed by atoms with van der Waals surface area (Å²) in [6, 6.07) is 15.0. The maximum atomic E-state index is 5.84. The van der Waals surface area contributed by atoms with E-state index in [1.54, 1.807) is 0 Å². The van der Waals surface area contributed by atoms with Gasteiger partial charge in [-0.1, -0.05) is 39.0 Å². The highest BCUT2D eigenvalue weighted by Crippen LogP contribution is 2.28. The average Bonchev–Trinajstić information content (AvgIpc) is 3.55. The van der Waals surface area contributed by atoms with E-state index in [0.29, 0.717) is 18.4 Å². The molecule has 0 saturated heterocycles. The van der Waals surface area contributed by atoms with Crippen LogP contribution in [0.1, 0.15) is 52.4 Å². The summed E-state index contributed by atoms with van der Waals surface area (Å²) in [6.45, 7) is 5.51. The number of unbranched alkanes of at least 4 members (excludes halogenated alkanes) is 5. The maximum absolute atomic E-state index is 5.84. The summed E-state index contributed by atoms with van der Waals surface area (Å²) < 4.78 is 22.8. The number of hydrogen-bond donors (Lipinski definition) is 0. The highest BCUT2D eigenvalue weighted by atomic mass is 16.5. The van der Waals surface area contributed by atoms with Gasteiger partial charge in [0.25, 0.3) is 0 Å². The fraction of sp³-hybridized carbons (Fsp3) is 0.385. The molecule has 2 aromatic carbocycles. The SMILES string of the molecule is CCCCCCCCOc1ccc(-c2nnc(-c3nnc(-c4ccc(OCC)cc4)o3)o2)cc1. The molecule has 8 nitrogen and oxygen atoms in total. The summed E-state index contributed by atoms with van der Waals surface area (Å²) in [6.07, 6.45) is 7.45. The third-order valence-electron chi connectivity index (χ3n) is 5.31. The van der Waals surface area contributed by atoms with Gasteiger partial charge in [0.15, 0.2) is 0 Å². The topological polar surface area (TPSA) is 96.3 Å². The van der Waals surface area contributed by atoms with Gasteiger partial charge in [-0.2, -0.15) is 0 Å². The first-order valence-corrected chi connectivity index (χ1v) is 11.9. The lowest BCUT2D eigenvalue weighted by atomic mass is 10.1. The van der Waals surface area contributed by atoms with Gasteiger partial charge in [-0.15, -0.1) is 20.4 Å². The number of aromatic nitrogens is 4. The second kappa shape index (κ2) is 12.0. The zero-order chi connectivity index (χ0) is 23.6. The van der Waals surface area contributed by atoms with E-state index in [2.05, 4.69) is 27.3 Å². The molecule has 0 amide bonds. The zero-order valence-corrected chi connectivity index (χ0v) is 19.7. The molecule has 0 aliphatic carbocycles. The van der Waals surface area contributed by atoms with Crippen molar-refractivity contribution < 1.29 is 18.3 Å². The van der Waals surface area contributed by atoms with Gasteiger partial charge in [0.1, 0.15) is 11.5 Å². The van der Waals surface area contributed by atoms with Gasteiger partial charge < -0.3 is 18.3 Å². The van der Waals surface area contributed by atoms with Crippen LogP contribution in [0.5, 0.6) is 11.5 Å². The molecular formula is C26H30N4O4. The van der Waals surface area contributed by atoms with Crippen molar-refractivity contribution in [3.8, 4) is 46.2 Å². The minimum atomic E-state index is 0.168. The molecule has 0 spiro atoms.